The number of rotatable bonds is 3. The van der Waals surface area contributed by atoms with Gasteiger partial charge >= 0.3 is 0 Å². The average Bonchev–Trinajstić information content (AvgIpc) is 3.10. The second-order valence-corrected chi connectivity index (χ2v) is 6.01. The summed E-state index contributed by atoms with van der Waals surface area (Å²) in [5, 5.41) is 11.8. The number of methoxy groups -OCH3 is 1. The van der Waals surface area contributed by atoms with Gasteiger partial charge in [0.25, 0.3) is 0 Å². The van der Waals surface area contributed by atoms with Gasteiger partial charge in [0.05, 0.1) is 7.11 Å². The van der Waals surface area contributed by atoms with Gasteiger partial charge in [-0.25, -0.2) is 4.98 Å². The van der Waals surface area contributed by atoms with E-state index in [0.29, 0.717) is 18.0 Å². The van der Waals surface area contributed by atoms with E-state index >= 15 is 0 Å². The molecule has 1 atom stereocenters. The van der Waals surface area contributed by atoms with E-state index < -0.39 is 0 Å². The smallest absolute Gasteiger partial charge is 0.232 e. The number of fused-ring (bicyclic) bond motifs is 3. The fourth-order valence-corrected chi connectivity index (χ4v) is 3.39. The number of nitrogens with zero attached hydrogens (tertiary/aromatic N) is 2. The zero-order valence-electron chi connectivity index (χ0n) is 13.8. The van der Waals surface area contributed by atoms with E-state index in [1.54, 1.807) is 6.20 Å². The molecular formula is C20H17N3O2. The minimum Gasteiger partial charge on any atom is -0.488 e. The zero-order chi connectivity index (χ0) is 17.4. The van der Waals surface area contributed by atoms with Gasteiger partial charge in [0.15, 0.2) is 0 Å². The lowest BCUT2D eigenvalue weighted by Crippen LogP contribution is -2.24. The molecule has 4 rings (SSSR count). The molecule has 0 bridgehead atoms. The number of aromatic nitrogens is 1. The summed E-state index contributed by atoms with van der Waals surface area (Å²) in [6.45, 7) is 0.511. The molecule has 0 saturated carbocycles. The van der Waals surface area contributed by atoms with Gasteiger partial charge in [0.2, 0.25) is 5.88 Å². The van der Waals surface area contributed by atoms with Crippen molar-refractivity contribution in [2.24, 2.45) is 5.73 Å². The lowest BCUT2D eigenvalue weighted by atomic mass is 9.95. The number of benzene rings is 2. The molecule has 1 aliphatic rings. The van der Waals surface area contributed by atoms with Crippen LogP contribution in [0.5, 0.6) is 11.6 Å². The molecule has 0 saturated heterocycles. The SMILES string of the molecule is COc1nccc(-c2ccc3c4c(ccc3c2)OC(CN)C4)c1C#N. The van der Waals surface area contributed by atoms with E-state index in [2.05, 4.69) is 23.2 Å². The lowest BCUT2D eigenvalue weighted by Gasteiger charge is -2.10. The number of nitrogens with two attached hydrogens (primary N) is 1. The molecule has 1 aromatic heterocycles. The first-order valence-electron chi connectivity index (χ1n) is 8.11. The second-order valence-electron chi connectivity index (χ2n) is 6.01. The van der Waals surface area contributed by atoms with Crippen LogP contribution in [0, 0.1) is 11.3 Å². The summed E-state index contributed by atoms with van der Waals surface area (Å²) in [6, 6.07) is 14.3. The Morgan fingerprint density at radius 3 is 2.96 bits per heavy atom. The van der Waals surface area contributed by atoms with Crippen LogP contribution < -0.4 is 15.2 Å². The van der Waals surface area contributed by atoms with Crippen molar-refractivity contribution in [3.8, 4) is 28.8 Å². The maximum Gasteiger partial charge on any atom is 0.232 e. The molecule has 124 valence electrons. The first kappa shape index (κ1) is 15.4. The Kier molecular flexibility index (Phi) is 3.75. The van der Waals surface area contributed by atoms with Crippen molar-refractivity contribution in [2.45, 2.75) is 12.5 Å². The Bertz CT molecular complexity index is 1010. The van der Waals surface area contributed by atoms with Crippen LogP contribution in [0.2, 0.25) is 0 Å². The van der Waals surface area contributed by atoms with Crippen molar-refractivity contribution in [2.75, 3.05) is 13.7 Å². The molecule has 2 heterocycles. The van der Waals surface area contributed by atoms with E-state index in [1.807, 2.05) is 24.3 Å². The van der Waals surface area contributed by atoms with E-state index in [1.165, 1.54) is 12.7 Å². The molecule has 0 aliphatic carbocycles. The predicted molar refractivity (Wildman–Crippen MR) is 95.6 cm³/mol. The number of hydrogen-bond donors (Lipinski definition) is 1. The summed E-state index contributed by atoms with van der Waals surface area (Å²) < 4.78 is 11.1. The van der Waals surface area contributed by atoms with Crippen LogP contribution in [-0.4, -0.2) is 24.7 Å². The topological polar surface area (TPSA) is 81.2 Å². The Morgan fingerprint density at radius 1 is 1.32 bits per heavy atom. The molecule has 0 spiro atoms. The molecule has 5 nitrogen and oxygen atoms in total. The maximum atomic E-state index is 9.49. The molecule has 3 aromatic rings. The number of nitriles is 1. The highest BCUT2D eigenvalue weighted by atomic mass is 16.5. The van der Waals surface area contributed by atoms with Crippen LogP contribution in [0.1, 0.15) is 11.1 Å². The average molecular weight is 331 g/mol. The fourth-order valence-electron chi connectivity index (χ4n) is 3.39. The molecule has 25 heavy (non-hydrogen) atoms. The van der Waals surface area contributed by atoms with Gasteiger partial charge in [0.1, 0.15) is 23.5 Å². The van der Waals surface area contributed by atoms with Crippen molar-refractivity contribution in [1.29, 1.82) is 5.26 Å². The highest BCUT2D eigenvalue weighted by molar-refractivity contribution is 5.92. The van der Waals surface area contributed by atoms with Gasteiger partial charge in [-0.2, -0.15) is 5.26 Å². The minimum absolute atomic E-state index is 0.0509. The quantitative estimate of drug-likeness (QED) is 0.798. The van der Waals surface area contributed by atoms with Crippen molar-refractivity contribution in [3.63, 3.8) is 0 Å². The Hall–Kier alpha value is -3.10. The normalized spacial score (nSPS) is 15.5. The van der Waals surface area contributed by atoms with Gasteiger partial charge in [-0.05, 0) is 34.5 Å². The van der Waals surface area contributed by atoms with Gasteiger partial charge < -0.3 is 15.2 Å². The lowest BCUT2D eigenvalue weighted by molar-refractivity contribution is 0.241. The van der Waals surface area contributed by atoms with Gasteiger partial charge in [-0.15, -0.1) is 0 Å². The van der Waals surface area contributed by atoms with E-state index in [0.717, 1.165) is 34.1 Å². The number of ether oxygens (including phenoxy) is 2. The molecule has 0 radical (unpaired) electrons. The van der Waals surface area contributed by atoms with Crippen LogP contribution in [0.4, 0.5) is 0 Å². The molecule has 2 N–H and O–H groups in total. The van der Waals surface area contributed by atoms with Crippen molar-refractivity contribution < 1.29 is 9.47 Å². The highest BCUT2D eigenvalue weighted by Gasteiger charge is 2.23. The van der Waals surface area contributed by atoms with Gasteiger partial charge in [-0.3, -0.25) is 0 Å². The van der Waals surface area contributed by atoms with Crippen LogP contribution in [0.3, 0.4) is 0 Å². The molecule has 0 amide bonds. The Labute approximate surface area is 145 Å². The predicted octanol–water partition coefficient (Wildman–Crippen LogP) is 3.04. The third-order valence-electron chi connectivity index (χ3n) is 4.61. The van der Waals surface area contributed by atoms with Crippen LogP contribution >= 0.6 is 0 Å². The third kappa shape index (κ3) is 2.48. The summed E-state index contributed by atoms with van der Waals surface area (Å²) in [5.41, 5.74) is 9.16. The molecule has 0 fully saturated rings. The first-order chi connectivity index (χ1) is 12.2. The van der Waals surface area contributed by atoms with Crippen LogP contribution in [-0.2, 0) is 6.42 Å². The number of pyridine rings is 1. The fraction of sp³-hybridized carbons (Fsp3) is 0.200. The van der Waals surface area contributed by atoms with E-state index in [-0.39, 0.29) is 6.10 Å². The summed E-state index contributed by atoms with van der Waals surface area (Å²) in [6.07, 6.45) is 2.53. The summed E-state index contributed by atoms with van der Waals surface area (Å²) in [5.74, 6) is 1.26. The molecular weight excluding hydrogens is 314 g/mol. The summed E-state index contributed by atoms with van der Waals surface area (Å²) >= 11 is 0. The standard InChI is InChI=1S/C20H17N3O2/c1-24-20-18(11-22)16(6-7-23-20)12-2-4-15-13(8-12)3-5-19-17(15)9-14(10-21)25-19/h2-8,14H,9-10,21H2,1H3. The van der Waals surface area contributed by atoms with Gasteiger partial charge in [0, 0.05) is 30.3 Å². The highest BCUT2D eigenvalue weighted by Crippen LogP contribution is 2.37. The zero-order valence-corrected chi connectivity index (χ0v) is 13.8. The molecule has 5 heteroatoms. The van der Waals surface area contributed by atoms with Crippen molar-refractivity contribution >= 4 is 10.8 Å². The molecule has 2 aromatic carbocycles. The van der Waals surface area contributed by atoms with Gasteiger partial charge in [-0.1, -0.05) is 18.2 Å². The monoisotopic (exact) mass is 331 g/mol. The largest absolute Gasteiger partial charge is 0.488 e. The van der Waals surface area contributed by atoms with Crippen LogP contribution in [0.25, 0.3) is 21.9 Å². The molecule has 1 unspecified atom stereocenters. The summed E-state index contributed by atoms with van der Waals surface area (Å²) in [4.78, 5) is 4.11. The maximum absolute atomic E-state index is 9.49. The minimum atomic E-state index is 0.0509. The third-order valence-corrected chi connectivity index (χ3v) is 4.61. The van der Waals surface area contributed by atoms with E-state index in [9.17, 15) is 5.26 Å². The summed E-state index contributed by atoms with van der Waals surface area (Å²) in [7, 11) is 1.52. The van der Waals surface area contributed by atoms with E-state index in [4.69, 9.17) is 15.2 Å². The number of hydrogen-bond acceptors (Lipinski definition) is 5. The molecule has 1 aliphatic heterocycles. The second kappa shape index (κ2) is 6.08. The Balaban J connectivity index is 1.85. The first-order valence-corrected chi connectivity index (χ1v) is 8.11. The van der Waals surface area contributed by atoms with Crippen molar-refractivity contribution in [1.82, 2.24) is 4.98 Å². The van der Waals surface area contributed by atoms with Crippen molar-refractivity contribution in [3.05, 3.63) is 53.7 Å². The van der Waals surface area contributed by atoms with Crippen LogP contribution in [0.15, 0.2) is 42.6 Å². The Morgan fingerprint density at radius 2 is 2.20 bits per heavy atom.